The third-order valence-electron chi connectivity index (χ3n) is 1.95. The van der Waals surface area contributed by atoms with Crippen LogP contribution < -0.4 is 0 Å². The Hall–Kier alpha value is -0.123. The highest BCUT2D eigenvalue weighted by atomic mass is 28.3. The highest BCUT2D eigenvalue weighted by Gasteiger charge is 2.20. The predicted octanol–water partition coefficient (Wildman–Crippen LogP) is 2.64. The van der Waals surface area contributed by atoms with Gasteiger partial charge in [-0.25, -0.2) is 0 Å². The summed E-state index contributed by atoms with van der Waals surface area (Å²) in [6.45, 7) is 11.5. The molecule has 78 valence electrons. The molecular weight excluding hydrogens is 180 g/mol. The van der Waals surface area contributed by atoms with Gasteiger partial charge in [0.2, 0.25) is 0 Å². The van der Waals surface area contributed by atoms with Crippen LogP contribution in [-0.4, -0.2) is 22.5 Å². The van der Waals surface area contributed by atoms with Crippen LogP contribution in [0.5, 0.6) is 0 Å². The first-order valence-corrected chi connectivity index (χ1v) is 6.71. The van der Waals surface area contributed by atoms with E-state index in [2.05, 4.69) is 13.5 Å². The van der Waals surface area contributed by atoms with Crippen molar-refractivity contribution in [3.05, 3.63) is 12.7 Å². The van der Waals surface area contributed by atoms with E-state index < -0.39 is 9.28 Å². The van der Waals surface area contributed by atoms with Gasteiger partial charge in [0.25, 0.3) is 0 Å². The fraction of sp³-hybridized carbons (Fsp3) is 0.800. The Kier molecular flexibility index (Phi) is 8.39. The summed E-state index contributed by atoms with van der Waals surface area (Å²) in [6, 6.07) is 0. The highest BCUT2D eigenvalue weighted by Crippen LogP contribution is 2.18. The van der Waals surface area contributed by atoms with E-state index >= 15 is 0 Å². The molecule has 0 bridgehead atoms. The van der Waals surface area contributed by atoms with E-state index in [4.69, 9.17) is 8.85 Å². The molecule has 3 heteroatoms. The van der Waals surface area contributed by atoms with Crippen LogP contribution in [0.25, 0.3) is 0 Å². The molecule has 13 heavy (non-hydrogen) atoms. The van der Waals surface area contributed by atoms with E-state index in [0.29, 0.717) is 5.54 Å². The van der Waals surface area contributed by atoms with Gasteiger partial charge < -0.3 is 8.85 Å². The van der Waals surface area contributed by atoms with Crippen LogP contribution >= 0.6 is 0 Å². The molecule has 1 unspecified atom stereocenters. The van der Waals surface area contributed by atoms with Crippen LogP contribution in [0.15, 0.2) is 12.7 Å². The van der Waals surface area contributed by atoms with Crippen molar-refractivity contribution in [1.29, 1.82) is 0 Å². The predicted molar refractivity (Wildman–Crippen MR) is 59.3 cm³/mol. The Morgan fingerprint density at radius 2 is 1.85 bits per heavy atom. The van der Waals surface area contributed by atoms with Crippen molar-refractivity contribution in [2.75, 3.05) is 13.2 Å². The van der Waals surface area contributed by atoms with Crippen LogP contribution in [0.4, 0.5) is 0 Å². The Morgan fingerprint density at radius 3 is 2.23 bits per heavy atom. The Bertz CT molecular complexity index is 122. The molecule has 0 aliphatic heterocycles. The van der Waals surface area contributed by atoms with Gasteiger partial charge in [0.05, 0.1) is 0 Å². The Morgan fingerprint density at radius 1 is 1.31 bits per heavy atom. The van der Waals surface area contributed by atoms with Crippen molar-refractivity contribution in [2.24, 2.45) is 0 Å². The zero-order chi connectivity index (χ0) is 10.1. The molecule has 0 aliphatic rings. The molecule has 0 saturated heterocycles. The van der Waals surface area contributed by atoms with Gasteiger partial charge in [-0.15, -0.1) is 6.58 Å². The van der Waals surface area contributed by atoms with E-state index in [-0.39, 0.29) is 0 Å². The van der Waals surface area contributed by atoms with Crippen molar-refractivity contribution in [2.45, 2.75) is 39.2 Å². The lowest BCUT2D eigenvalue weighted by Crippen LogP contribution is -2.27. The zero-order valence-electron chi connectivity index (χ0n) is 9.08. The molecule has 0 amide bonds. The lowest BCUT2D eigenvalue weighted by atomic mass is 10.2. The van der Waals surface area contributed by atoms with Crippen molar-refractivity contribution in [3.63, 3.8) is 0 Å². The van der Waals surface area contributed by atoms with E-state index in [0.717, 1.165) is 26.1 Å². The quantitative estimate of drug-likeness (QED) is 0.445. The summed E-state index contributed by atoms with van der Waals surface area (Å²) in [7, 11) is -1.41. The molecule has 0 heterocycles. The van der Waals surface area contributed by atoms with E-state index in [1.807, 2.05) is 19.9 Å². The molecule has 0 radical (unpaired) electrons. The van der Waals surface area contributed by atoms with Gasteiger partial charge in [-0.2, -0.15) is 0 Å². The summed E-state index contributed by atoms with van der Waals surface area (Å²) in [5, 5.41) is 0. The van der Waals surface area contributed by atoms with Gasteiger partial charge in [0, 0.05) is 13.2 Å². The third kappa shape index (κ3) is 6.02. The van der Waals surface area contributed by atoms with E-state index in [9.17, 15) is 0 Å². The fourth-order valence-corrected chi connectivity index (χ4v) is 3.10. The zero-order valence-corrected chi connectivity index (χ0v) is 10.2. The molecule has 0 aromatic heterocycles. The van der Waals surface area contributed by atoms with E-state index in [1.54, 1.807) is 0 Å². The Balaban J connectivity index is 3.78. The number of allylic oxidation sites excluding steroid dienone is 1. The molecule has 0 fully saturated rings. The topological polar surface area (TPSA) is 18.5 Å². The van der Waals surface area contributed by atoms with Gasteiger partial charge in [-0.05, 0) is 32.2 Å². The van der Waals surface area contributed by atoms with Crippen molar-refractivity contribution in [3.8, 4) is 0 Å². The smallest absolute Gasteiger partial charge is 0.324 e. The van der Waals surface area contributed by atoms with Gasteiger partial charge in [0.1, 0.15) is 0 Å². The second-order valence-corrected chi connectivity index (χ2v) is 5.66. The minimum Gasteiger partial charge on any atom is -0.397 e. The van der Waals surface area contributed by atoms with Crippen LogP contribution in [-0.2, 0) is 8.85 Å². The maximum Gasteiger partial charge on any atom is 0.324 e. The lowest BCUT2D eigenvalue weighted by Gasteiger charge is -2.20. The number of hydrogen-bond donors (Lipinski definition) is 0. The monoisotopic (exact) mass is 202 g/mol. The van der Waals surface area contributed by atoms with Gasteiger partial charge in [-0.3, -0.25) is 0 Å². The van der Waals surface area contributed by atoms with Gasteiger partial charge in [0.15, 0.2) is 0 Å². The molecule has 0 aromatic carbocycles. The van der Waals surface area contributed by atoms with Gasteiger partial charge in [-0.1, -0.05) is 13.0 Å². The number of rotatable bonds is 8. The molecule has 0 aliphatic carbocycles. The molecular formula is C10H22O2Si. The molecule has 0 spiro atoms. The van der Waals surface area contributed by atoms with Crippen molar-refractivity contribution >= 4 is 9.28 Å². The first-order valence-electron chi connectivity index (χ1n) is 5.10. The maximum absolute atomic E-state index is 5.62. The molecule has 2 nitrogen and oxygen atoms in total. The third-order valence-corrected chi connectivity index (χ3v) is 4.54. The summed E-state index contributed by atoms with van der Waals surface area (Å²) in [5.74, 6) is 0. The average molecular weight is 202 g/mol. The Labute approximate surface area is 83.8 Å². The highest BCUT2D eigenvalue weighted by molar-refractivity contribution is 6.46. The van der Waals surface area contributed by atoms with Crippen molar-refractivity contribution in [1.82, 2.24) is 0 Å². The summed E-state index contributed by atoms with van der Waals surface area (Å²) in [6.07, 6.45) is 4.16. The lowest BCUT2D eigenvalue weighted by molar-refractivity contribution is 0.204. The van der Waals surface area contributed by atoms with Crippen LogP contribution in [0, 0.1) is 0 Å². The van der Waals surface area contributed by atoms with Crippen LogP contribution in [0.2, 0.25) is 5.54 Å². The second kappa shape index (κ2) is 8.47. The summed E-state index contributed by atoms with van der Waals surface area (Å²) in [5.41, 5.74) is 0.581. The molecule has 0 rings (SSSR count). The summed E-state index contributed by atoms with van der Waals surface area (Å²) in [4.78, 5) is 0. The number of hydrogen-bond acceptors (Lipinski definition) is 2. The normalized spacial score (nSPS) is 13.2. The fourth-order valence-electron chi connectivity index (χ4n) is 1.22. The van der Waals surface area contributed by atoms with Crippen LogP contribution in [0.1, 0.15) is 33.6 Å². The first kappa shape index (κ1) is 12.9. The van der Waals surface area contributed by atoms with E-state index in [1.165, 1.54) is 0 Å². The molecule has 0 N–H and O–H groups in total. The first-order chi connectivity index (χ1) is 6.26. The summed E-state index contributed by atoms with van der Waals surface area (Å²) >= 11 is 0. The average Bonchev–Trinajstić information content (AvgIpc) is 2.14. The standard InChI is InChI=1S/C10H22O2Si/c1-5-8-9-10(4)13(11-6-2)12-7-3/h5,10,13H,1,6-9H2,2-4H3. The second-order valence-electron chi connectivity index (χ2n) is 3.12. The minimum absolute atomic E-state index is 0.581. The van der Waals surface area contributed by atoms with Crippen LogP contribution in [0.3, 0.4) is 0 Å². The maximum atomic E-state index is 5.62. The molecule has 0 saturated carbocycles. The molecule has 0 aromatic rings. The molecule has 1 atom stereocenters. The van der Waals surface area contributed by atoms with Crippen molar-refractivity contribution < 1.29 is 8.85 Å². The SMILES string of the molecule is C=CCCC(C)[SiH](OCC)OCC. The summed E-state index contributed by atoms with van der Waals surface area (Å²) < 4.78 is 11.2. The van der Waals surface area contributed by atoms with Gasteiger partial charge >= 0.3 is 9.28 Å². The largest absolute Gasteiger partial charge is 0.397 e. The minimum atomic E-state index is -1.41.